The van der Waals surface area contributed by atoms with E-state index < -0.39 is 26.8 Å². The third-order valence-corrected chi connectivity index (χ3v) is 4.89. The van der Waals surface area contributed by atoms with Crippen LogP contribution >= 0.6 is 11.6 Å². The van der Waals surface area contributed by atoms with Crippen LogP contribution in [0.25, 0.3) is 0 Å². The average Bonchev–Trinajstić information content (AvgIpc) is 2.56. The number of oxime groups is 1. The zero-order valence-corrected chi connectivity index (χ0v) is 17.1. The molecule has 2 rings (SSSR count). The maximum atomic E-state index is 13.0. The first kappa shape index (κ1) is 23.0. The van der Waals surface area contributed by atoms with Gasteiger partial charge in [-0.1, -0.05) is 37.5 Å². The Morgan fingerprint density at radius 2 is 1.66 bits per heavy atom. The highest BCUT2D eigenvalue weighted by Crippen LogP contribution is 2.33. The van der Waals surface area contributed by atoms with Gasteiger partial charge < -0.3 is 4.84 Å². The Morgan fingerprint density at radius 1 is 1.07 bits per heavy atom. The second-order valence-electron chi connectivity index (χ2n) is 6.98. The fraction of sp³-hybridized carbons (Fsp3) is 0.278. The molecule has 0 amide bonds. The van der Waals surface area contributed by atoms with Crippen LogP contribution in [0.5, 0.6) is 5.75 Å². The lowest BCUT2D eigenvalue weighted by molar-refractivity contribution is -0.0429. The molecule has 0 fully saturated rings. The maximum absolute atomic E-state index is 13.0. The Morgan fingerprint density at radius 3 is 2.17 bits per heavy atom. The minimum atomic E-state index is -5.67. The Labute approximate surface area is 170 Å². The fourth-order valence-corrected chi connectivity index (χ4v) is 2.94. The van der Waals surface area contributed by atoms with Gasteiger partial charge in [-0.2, -0.15) is 21.6 Å². The van der Waals surface area contributed by atoms with Crippen molar-refractivity contribution in [2.75, 3.05) is 4.72 Å². The fourth-order valence-electron chi connectivity index (χ4n) is 2.19. The van der Waals surface area contributed by atoms with Crippen LogP contribution in [-0.2, 0) is 10.0 Å². The molecule has 0 radical (unpaired) electrons. The highest BCUT2D eigenvalue weighted by Gasteiger charge is 2.46. The van der Waals surface area contributed by atoms with Crippen LogP contribution in [0.15, 0.2) is 47.6 Å². The zero-order valence-electron chi connectivity index (χ0n) is 15.5. The molecule has 5 nitrogen and oxygen atoms in total. The van der Waals surface area contributed by atoms with E-state index in [9.17, 15) is 26.0 Å². The first-order valence-electron chi connectivity index (χ1n) is 8.11. The standard InChI is InChI=1S/C18H17ClF4N2O3S/c1-17(2,3)16(24-28-13-7-5-12(20)6-8-13)14-10-11(19)4-9-15(14)25-29(26,27)18(21,22)23/h4-10,25H,1-3H3/b24-16-. The van der Waals surface area contributed by atoms with Crippen molar-refractivity contribution in [3.05, 3.63) is 58.9 Å². The first-order chi connectivity index (χ1) is 13.2. The molecule has 0 unspecified atom stereocenters. The Bertz CT molecular complexity index is 1010. The Kier molecular flexibility index (Phi) is 6.48. The van der Waals surface area contributed by atoms with E-state index in [0.29, 0.717) is 0 Å². The van der Waals surface area contributed by atoms with E-state index in [1.807, 2.05) is 0 Å². The molecule has 2 aromatic rings. The number of anilines is 1. The molecule has 0 atom stereocenters. The smallest absolute Gasteiger partial charge is 0.357 e. The van der Waals surface area contributed by atoms with E-state index in [2.05, 4.69) is 5.16 Å². The van der Waals surface area contributed by atoms with Gasteiger partial charge in [-0.05, 0) is 42.5 Å². The van der Waals surface area contributed by atoms with Crippen LogP contribution in [0.3, 0.4) is 0 Å². The number of alkyl halides is 3. The van der Waals surface area contributed by atoms with Crippen LogP contribution < -0.4 is 9.56 Å². The molecule has 0 bridgehead atoms. The molecule has 158 valence electrons. The molecule has 2 aromatic carbocycles. The normalized spacial score (nSPS) is 13.3. The predicted molar refractivity (Wildman–Crippen MR) is 103 cm³/mol. The SMILES string of the molecule is CC(C)(C)/C(=N\Oc1ccc(F)cc1)c1cc(Cl)ccc1NS(=O)(=O)C(F)(F)F. The summed E-state index contributed by atoms with van der Waals surface area (Å²) < 4.78 is 76.1. The number of nitrogens with one attached hydrogen (secondary N) is 1. The second-order valence-corrected chi connectivity index (χ2v) is 9.09. The minimum absolute atomic E-state index is 0.0000586. The molecule has 0 aliphatic carbocycles. The zero-order chi connectivity index (χ0) is 22.0. The number of hydrogen-bond donors (Lipinski definition) is 1. The minimum Gasteiger partial charge on any atom is -0.357 e. The summed E-state index contributed by atoms with van der Waals surface area (Å²) >= 11 is 5.97. The largest absolute Gasteiger partial charge is 0.516 e. The van der Waals surface area contributed by atoms with Crippen molar-refractivity contribution < 1.29 is 30.8 Å². The molecule has 0 aromatic heterocycles. The number of rotatable bonds is 5. The van der Waals surface area contributed by atoms with E-state index >= 15 is 0 Å². The molecular weight excluding hydrogens is 436 g/mol. The molecule has 1 N–H and O–H groups in total. The molecule has 0 aliphatic heterocycles. The number of benzene rings is 2. The van der Waals surface area contributed by atoms with Crippen molar-refractivity contribution >= 4 is 33.0 Å². The van der Waals surface area contributed by atoms with Gasteiger partial charge in [-0.15, -0.1) is 0 Å². The quantitative estimate of drug-likeness (QED) is 0.366. The molecule has 0 saturated heterocycles. The van der Waals surface area contributed by atoms with Gasteiger partial charge in [0.2, 0.25) is 0 Å². The first-order valence-corrected chi connectivity index (χ1v) is 9.97. The van der Waals surface area contributed by atoms with Crippen LogP contribution in [-0.4, -0.2) is 19.6 Å². The Balaban J connectivity index is 2.55. The lowest BCUT2D eigenvalue weighted by Gasteiger charge is -2.24. The van der Waals surface area contributed by atoms with Gasteiger partial charge >= 0.3 is 15.5 Å². The highest BCUT2D eigenvalue weighted by atomic mass is 35.5. The molecular formula is C18H17ClF4N2O3S. The van der Waals surface area contributed by atoms with Crippen molar-refractivity contribution in [2.24, 2.45) is 10.6 Å². The third-order valence-electron chi connectivity index (χ3n) is 3.55. The van der Waals surface area contributed by atoms with Crippen LogP contribution in [0.4, 0.5) is 23.2 Å². The van der Waals surface area contributed by atoms with Crippen molar-refractivity contribution in [3.8, 4) is 5.75 Å². The van der Waals surface area contributed by atoms with E-state index in [-0.39, 0.29) is 27.7 Å². The van der Waals surface area contributed by atoms with Gasteiger partial charge in [0, 0.05) is 16.0 Å². The molecule has 0 saturated carbocycles. The van der Waals surface area contributed by atoms with Crippen molar-refractivity contribution in [1.82, 2.24) is 0 Å². The second kappa shape index (κ2) is 8.19. The number of hydrogen-bond acceptors (Lipinski definition) is 4. The summed E-state index contributed by atoms with van der Waals surface area (Å²) in [5.74, 6) is -0.316. The summed E-state index contributed by atoms with van der Waals surface area (Å²) in [6.07, 6.45) is 0. The number of nitrogens with zero attached hydrogens (tertiary/aromatic N) is 1. The average molecular weight is 453 g/mol. The summed E-state index contributed by atoms with van der Waals surface area (Å²) in [7, 11) is -5.67. The Hall–Kier alpha value is -2.33. The maximum Gasteiger partial charge on any atom is 0.516 e. The summed E-state index contributed by atoms with van der Waals surface area (Å²) in [5, 5.41) is 4.13. The topological polar surface area (TPSA) is 67.8 Å². The van der Waals surface area contributed by atoms with E-state index in [1.165, 1.54) is 29.0 Å². The monoisotopic (exact) mass is 452 g/mol. The van der Waals surface area contributed by atoms with Crippen LogP contribution in [0, 0.1) is 11.2 Å². The molecule has 0 heterocycles. The van der Waals surface area contributed by atoms with E-state index in [1.54, 1.807) is 20.8 Å². The summed E-state index contributed by atoms with van der Waals surface area (Å²) in [6, 6.07) is 8.51. The molecule has 0 aliphatic rings. The third kappa shape index (κ3) is 5.83. The number of halogens is 5. The highest BCUT2D eigenvalue weighted by molar-refractivity contribution is 7.93. The van der Waals surface area contributed by atoms with Crippen LogP contribution in [0.2, 0.25) is 5.02 Å². The summed E-state index contributed by atoms with van der Waals surface area (Å²) in [6.45, 7) is 5.09. The van der Waals surface area contributed by atoms with Gasteiger partial charge in [-0.25, -0.2) is 4.39 Å². The van der Waals surface area contributed by atoms with Crippen molar-refractivity contribution in [1.29, 1.82) is 0 Å². The molecule has 0 spiro atoms. The predicted octanol–water partition coefficient (Wildman–Crippen LogP) is 5.57. The lowest BCUT2D eigenvalue weighted by Crippen LogP contribution is -2.31. The number of sulfonamides is 1. The summed E-state index contributed by atoms with van der Waals surface area (Å²) in [5.41, 5.74) is -6.55. The van der Waals surface area contributed by atoms with E-state index in [0.717, 1.165) is 18.2 Å². The molecule has 29 heavy (non-hydrogen) atoms. The van der Waals surface area contributed by atoms with Crippen molar-refractivity contribution in [3.63, 3.8) is 0 Å². The molecule has 11 heteroatoms. The van der Waals surface area contributed by atoms with E-state index in [4.69, 9.17) is 16.4 Å². The lowest BCUT2D eigenvalue weighted by atomic mass is 9.85. The van der Waals surface area contributed by atoms with Gasteiger partial charge in [0.1, 0.15) is 5.82 Å². The van der Waals surface area contributed by atoms with Gasteiger partial charge in [0.25, 0.3) is 0 Å². The van der Waals surface area contributed by atoms with Gasteiger partial charge in [0.15, 0.2) is 5.75 Å². The van der Waals surface area contributed by atoms with Gasteiger partial charge in [0.05, 0.1) is 11.4 Å². The van der Waals surface area contributed by atoms with Gasteiger partial charge in [-0.3, -0.25) is 4.72 Å². The van der Waals surface area contributed by atoms with Crippen molar-refractivity contribution in [2.45, 2.75) is 26.3 Å². The summed E-state index contributed by atoms with van der Waals surface area (Å²) in [4.78, 5) is 5.28. The van der Waals surface area contributed by atoms with Crippen LogP contribution in [0.1, 0.15) is 26.3 Å².